The highest BCUT2D eigenvalue weighted by molar-refractivity contribution is 5.91. The zero-order chi connectivity index (χ0) is 26.7. The van der Waals surface area contributed by atoms with Crippen molar-refractivity contribution < 1.29 is 9.53 Å². The Morgan fingerprint density at radius 2 is 1.94 bits per heavy atom. The van der Waals surface area contributed by atoms with E-state index in [1.807, 2.05) is 45.5 Å². The number of hydrogen-bond acceptors (Lipinski definition) is 6. The zero-order valence-electron chi connectivity index (χ0n) is 23.5. The van der Waals surface area contributed by atoms with Crippen molar-refractivity contribution in [3.63, 3.8) is 0 Å². The highest BCUT2D eigenvalue weighted by atomic mass is 16.6. The van der Waals surface area contributed by atoms with Crippen LogP contribution in [0.1, 0.15) is 96.5 Å². The average Bonchev–Trinajstić information content (AvgIpc) is 3.23. The van der Waals surface area contributed by atoms with Crippen LogP contribution in [-0.2, 0) is 4.74 Å². The third kappa shape index (κ3) is 9.28. The lowest BCUT2D eigenvalue weighted by molar-refractivity contribution is 0.0527. The summed E-state index contributed by atoms with van der Waals surface area (Å²) in [6, 6.07) is 4.38. The van der Waals surface area contributed by atoms with Crippen LogP contribution >= 0.6 is 0 Å². The second-order valence-electron chi connectivity index (χ2n) is 10.7. The molecule has 0 fully saturated rings. The van der Waals surface area contributed by atoms with Gasteiger partial charge in [-0.15, -0.1) is 10.2 Å². The van der Waals surface area contributed by atoms with Crippen molar-refractivity contribution in [3.05, 3.63) is 35.4 Å². The largest absolute Gasteiger partial charge is 0.444 e. The van der Waals surface area contributed by atoms with Gasteiger partial charge in [-0.25, -0.2) is 4.79 Å². The molecular formula is C28H46N6O2. The first-order valence-corrected chi connectivity index (χ1v) is 13.2. The lowest BCUT2D eigenvalue weighted by atomic mass is 9.94. The van der Waals surface area contributed by atoms with Gasteiger partial charge in [-0.05, 0) is 70.1 Å². The van der Waals surface area contributed by atoms with Gasteiger partial charge in [0.2, 0.25) is 0 Å². The van der Waals surface area contributed by atoms with E-state index < -0.39 is 5.60 Å². The molecule has 8 heteroatoms. The van der Waals surface area contributed by atoms with Crippen LogP contribution in [0.25, 0.3) is 5.69 Å². The van der Waals surface area contributed by atoms with Crippen molar-refractivity contribution in [1.29, 1.82) is 0 Å². The van der Waals surface area contributed by atoms with E-state index in [1.54, 1.807) is 6.33 Å². The number of hydrogen-bond donors (Lipinski definition) is 2. The van der Waals surface area contributed by atoms with Crippen molar-refractivity contribution in [2.24, 2.45) is 10.9 Å². The summed E-state index contributed by atoms with van der Waals surface area (Å²) >= 11 is 0. The number of nitrogens with zero attached hydrogens (tertiary/aromatic N) is 4. The fourth-order valence-corrected chi connectivity index (χ4v) is 4.27. The molecule has 1 amide bonds. The molecule has 0 aliphatic carbocycles. The number of unbranched alkanes of at least 4 members (excludes halogenated alkanes) is 1. The standard InChI is InChI=1S/C28H46N6O2/c1-9-22(12-10-11-14-31-27(35)36-28(5,6)7)13-15-30-26-17-23(34-19-32-33-21(34)4)16-24(20(2)3)25(26)18-29-8/h16-20,22,30H,9-15H2,1-8H3,(H,31,35). The number of rotatable bonds is 13. The van der Waals surface area contributed by atoms with Gasteiger partial charge >= 0.3 is 6.09 Å². The first kappa shape index (κ1) is 29.3. The summed E-state index contributed by atoms with van der Waals surface area (Å²) in [4.78, 5) is 16.1. The van der Waals surface area contributed by atoms with E-state index in [4.69, 9.17) is 4.74 Å². The second kappa shape index (κ2) is 14.0. The molecule has 2 aromatic rings. The minimum absolute atomic E-state index is 0.338. The number of carbonyl (C=O) groups is 1. The summed E-state index contributed by atoms with van der Waals surface area (Å²) in [6.45, 7) is 15.8. The van der Waals surface area contributed by atoms with E-state index in [1.165, 1.54) is 5.56 Å². The molecule has 1 unspecified atom stereocenters. The Morgan fingerprint density at radius 3 is 2.53 bits per heavy atom. The smallest absolute Gasteiger partial charge is 0.407 e. The van der Waals surface area contributed by atoms with Gasteiger partial charge in [0.1, 0.15) is 17.8 Å². The van der Waals surface area contributed by atoms with Crippen molar-refractivity contribution in [3.8, 4) is 5.69 Å². The Morgan fingerprint density at radius 1 is 1.19 bits per heavy atom. The Labute approximate surface area is 217 Å². The van der Waals surface area contributed by atoms with Crippen LogP contribution in [0, 0.1) is 12.8 Å². The number of nitrogens with one attached hydrogen (secondary N) is 2. The quantitative estimate of drug-likeness (QED) is 0.251. The third-order valence-corrected chi connectivity index (χ3v) is 6.23. The minimum Gasteiger partial charge on any atom is -0.444 e. The summed E-state index contributed by atoms with van der Waals surface area (Å²) in [5, 5.41) is 14.8. The number of aromatic nitrogens is 3. The molecule has 1 atom stereocenters. The Hall–Kier alpha value is -2.90. The summed E-state index contributed by atoms with van der Waals surface area (Å²) < 4.78 is 7.31. The van der Waals surface area contributed by atoms with E-state index in [0.717, 1.165) is 61.4 Å². The summed E-state index contributed by atoms with van der Waals surface area (Å²) in [7, 11) is 1.82. The molecule has 0 saturated heterocycles. The van der Waals surface area contributed by atoms with Crippen LogP contribution in [-0.4, -0.2) is 52.8 Å². The normalized spacial score (nSPS) is 12.8. The predicted octanol–water partition coefficient (Wildman–Crippen LogP) is 6.27. The number of anilines is 1. The Bertz CT molecular complexity index is 990. The minimum atomic E-state index is -0.461. The molecule has 8 nitrogen and oxygen atoms in total. The van der Waals surface area contributed by atoms with Crippen molar-refractivity contribution in [2.45, 2.75) is 92.1 Å². The molecule has 2 rings (SSSR count). The van der Waals surface area contributed by atoms with Crippen LogP contribution in [0.15, 0.2) is 23.5 Å². The van der Waals surface area contributed by atoms with Crippen LogP contribution in [0.3, 0.4) is 0 Å². The topological polar surface area (TPSA) is 93.4 Å². The summed E-state index contributed by atoms with van der Waals surface area (Å²) in [5.74, 6) is 1.85. The van der Waals surface area contributed by atoms with Crippen molar-refractivity contribution in [2.75, 3.05) is 25.5 Å². The van der Waals surface area contributed by atoms with E-state index in [9.17, 15) is 4.79 Å². The fraction of sp³-hybridized carbons (Fsp3) is 0.643. The summed E-state index contributed by atoms with van der Waals surface area (Å²) in [6.07, 6.45) is 8.80. The molecule has 0 bridgehead atoms. The Balaban J connectivity index is 1.97. The van der Waals surface area contributed by atoms with E-state index in [-0.39, 0.29) is 6.09 Å². The molecule has 0 aliphatic rings. The average molecular weight is 499 g/mol. The maximum absolute atomic E-state index is 11.8. The zero-order valence-corrected chi connectivity index (χ0v) is 23.5. The molecule has 0 aliphatic heterocycles. The van der Waals surface area contributed by atoms with Gasteiger partial charge in [-0.2, -0.15) is 0 Å². The molecule has 2 N–H and O–H groups in total. The maximum Gasteiger partial charge on any atom is 0.407 e. The van der Waals surface area contributed by atoms with Gasteiger partial charge in [-0.1, -0.05) is 40.0 Å². The number of ether oxygens (including phenoxy) is 1. The van der Waals surface area contributed by atoms with Gasteiger partial charge in [0.25, 0.3) is 0 Å². The number of benzene rings is 1. The van der Waals surface area contributed by atoms with Crippen molar-refractivity contribution >= 4 is 18.0 Å². The van der Waals surface area contributed by atoms with Crippen LogP contribution in [0.5, 0.6) is 0 Å². The van der Waals surface area contributed by atoms with Crippen molar-refractivity contribution in [1.82, 2.24) is 20.1 Å². The lowest BCUT2D eigenvalue weighted by Crippen LogP contribution is -2.33. The van der Waals surface area contributed by atoms with E-state index in [0.29, 0.717) is 18.4 Å². The predicted molar refractivity (Wildman–Crippen MR) is 149 cm³/mol. The van der Waals surface area contributed by atoms with Crippen LogP contribution in [0.4, 0.5) is 10.5 Å². The molecular weight excluding hydrogens is 452 g/mol. The van der Waals surface area contributed by atoms with Gasteiger partial charge in [-0.3, -0.25) is 9.56 Å². The van der Waals surface area contributed by atoms with E-state index >= 15 is 0 Å². The number of alkyl carbamates (subject to hydrolysis) is 1. The molecule has 0 radical (unpaired) electrons. The monoisotopic (exact) mass is 498 g/mol. The van der Waals surface area contributed by atoms with Gasteiger partial charge < -0.3 is 15.4 Å². The van der Waals surface area contributed by atoms with E-state index in [2.05, 4.69) is 58.7 Å². The lowest BCUT2D eigenvalue weighted by Gasteiger charge is -2.21. The SMILES string of the molecule is CCC(CCCCNC(=O)OC(C)(C)C)CCNc1cc(-n2cnnc2C)cc(C(C)C)c1C=NC. The number of aliphatic imine (C=N–C) groups is 1. The molecule has 200 valence electrons. The summed E-state index contributed by atoms with van der Waals surface area (Å²) in [5.41, 5.74) is 4.08. The van der Waals surface area contributed by atoms with Crippen LogP contribution < -0.4 is 10.6 Å². The van der Waals surface area contributed by atoms with Gasteiger partial charge in [0.05, 0.1) is 5.69 Å². The first-order chi connectivity index (χ1) is 17.1. The highest BCUT2D eigenvalue weighted by Gasteiger charge is 2.16. The maximum atomic E-state index is 11.8. The molecule has 1 aromatic carbocycles. The first-order valence-electron chi connectivity index (χ1n) is 13.2. The molecule has 1 aromatic heterocycles. The van der Waals surface area contributed by atoms with Gasteiger partial charge in [0, 0.05) is 37.6 Å². The number of aryl methyl sites for hydroxylation is 1. The fourth-order valence-electron chi connectivity index (χ4n) is 4.27. The third-order valence-electron chi connectivity index (χ3n) is 6.23. The molecule has 0 spiro atoms. The highest BCUT2D eigenvalue weighted by Crippen LogP contribution is 2.30. The van der Waals surface area contributed by atoms with Gasteiger partial charge in [0.15, 0.2) is 0 Å². The van der Waals surface area contributed by atoms with Crippen LogP contribution in [0.2, 0.25) is 0 Å². The number of amides is 1. The Kier molecular flexibility index (Phi) is 11.4. The molecule has 1 heterocycles. The molecule has 36 heavy (non-hydrogen) atoms. The number of carbonyl (C=O) groups excluding carboxylic acids is 1. The second-order valence-corrected chi connectivity index (χ2v) is 10.7. The molecule has 0 saturated carbocycles.